The lowest BCUT2D eigenvalue weighted by atomic mass is 10.2. The van der Waals surface area contributed by atoms with Gasteiger partial charge in [-0.1, -0.05) is 35.9 Å². The number of hydrogen-bond acceptors (Lipinski definition) is 4. The van der Waals surface area contributed by atoms with Gasteiger partial charge in [-0.2, -0.15) is 0 Å². The molecule has 7 heteroatoms. The van der Waals surface area contributed by atoms with Gasteiger partial charge in [0.1, 0.15) is 6.54 Å². The molecule has 0 atom stereocenters. The maximum atomic E-state index is 12.2. The molecule has 0 saturated heterocycles. The number of para-hydroxylation sites is 1. The fourth-order valence-corrected chi connectivity index (χ4v) is 3.51. The number of hydrogen-bond donors (Lipinski definition) is 1. The Labute approximate surface area is 161 Å². The predicted octanol–water partition coefficient (Wildman–Crippen LogP) is 2.40. The molecule has 0 aliphatic rings. The van der Waals surface area contributed by atoms with Crippen LogP contribution in [0, 0.1) is 6.92 Å². The van der Waals surface area contributed by atoms with Crippen molar-refractivity contribution in [3.05, 3.63) is 60.2 Å². The number of rotatable bonds is 9. The molecule has 0 aliphatic heterocycles. The van der Waals surface area contributed by atoms with Crippen LogP contribution in [0.1, 0.15) is 12.0 Å². The Hall–Kier alpha value is -2.54. The SMILES string of the molecule is Cc1ccc(N(CC(=O)NCCCN(C)c2ccccc2)S(C)(=O)=O)cc1. The first-order valence-corrected chi connectivity index (χ1v) is 10.7. The molecule has 27 heavy (non-hydrogen) atoms. The molecule has 0 spiro atoms. The molecule has 1 amide bonds. The molecule has 146 valence electrons. The zero-order valence-corrected chi connectivity index (χ0v) is 16.9. The summed E-state index contributed by atoms with van der Waals surface area (Å²) < 4.78 is 25.3. The van der Waals surface area contributed by atoms with Crippen molar-refractivity contribution in [2.45, 2.75) is 13.3 Å². The Bertz CT molecular complexity index is 837. The topological polar surface area (TPSA) is 69.7 Å². The molecule has 2 aromatic rings. The van der Waals surface area contributed by atoms with Crippen LogP contribution >= 0.6 is 0 Å². The van der Waals surface area contributed by atoms with Crippen molar-refractivity contribution in [2.75, 3.05) is 42.1 Å². The maximum Gasteiger partial charge on any atom is 0.240 e. The molecule has 6 nitrogen and oxygen atoms in total. The van der Waals surface area contributed by atoms with Gasteiger partial charge in [0.05, 0.1) is 11.9 Å². The van der Waals surface area contributed by atoms with E-state index in [-0.39, 0.29) is 12.5 Å². The summed E-state index contributed by atoms with van der Waals surface area (Å²) in [6.45, 7) is 2.98. The molecule has 0 bridgehead atoms. The van der Waals surface area contributed by atoms with E-state index in [9.17, 15) is 13.2 Å². The lowest BCUT2D eigenvalue weighted by Gasteiger charge is -2.22. The lowest BCUT2D eigenvalue weighted by Crippen LogP contribution is -2.41. The van der Waals surface area contributed by atoms with Crippen molar-refractivity contribution in [1.82, 2.24) is 5.32 Å². The molecule has 0 heterocycles. The normalized spacial score (nSPS) is 11.1. The van der Waals surface area contributed by atoms with E-state index >= 15 is 0 Å². The Morgan fingerprint density at radius 2 is 1.63 bits per heavy atom. The first-order valence-electron chi connectivity index (χ1n) is 8.84. The van der Waals surface area contributed by atoms with Crippen LogP contribution < -0.4 is 14.5 Å². The number of amides is 1. The van der Waals surface area contributed by atoms with Gasteiger partial charge in [-0.05, 0) is 37.6 Å². The molecular weight excluding hydrogens is 362 g/mol. The first kappa shape index (κ1) is 20.8. The van der Waals surface area contributed by atoms with Crippen LogP contribution in [0.25, 0.3) is 0 Å². The van der Waals surface area contributed by atoms with E-state index in [2.05, 4.69) is 10.2 Å². The Morgan fingerprint density at radius 3 is 2.22 bits per heavy atom. The quantitative estimate of drug-likeness (QED) is 0.669. The van der Waals surface area contributed by atoms with Crippen LogP contribution in [0.2, 0.25) is 0 Å². The van der Waals surface area contributed by atoms with Crippen molar-refractivity contribution >= 4 is 27.3 Å². The summed E-state index contributed by atoms with van der Waals surface area (Å²) in [6, 6.07) is 17.1. The lowest BCUT2D eigenvalue weighted by molar-refractivity contribution is -0.119. The Balaban J connectivity index is 1.84. The number of nitrogens with one attached hydrogen (secondary N) is 1. The average molecular weight is 390 g/mol. The monoisotopic (exact) mass is 389 g/mol. The number of nitrogens with zero attached hydrogens (tertiary/aromatic N) is 2. The molecule has 2 aromatic carbocycles. The maximum absolute atomic E-state index is 12.2. The summed E-state index contributed by atoms with van der Waals surface area (Å²) in [6.07, 6.45) is 1.87. The van der Waals surface area contributed by atoms with Gasteiger partial charge in [0.25, 0.3) is 0 Å². The van der Waals surface area contributed by atoms with E-state index in [1.807, 2.05) is 56.4 Å². The second kappa shape index (κ2) is 9.41. The molecule has 0 aromatic heterocycles. The van der Waals surface area contributed by atoms with E-state index in [1.54, 1.807) is 12.1 Å². The van der Waals surface area contributed by atoms with Crippen molar-refractivity contribution in [1.29, 1.82) is 0 Å². The number of carbonyl (C=O) groups is 1. The summed E-state index contributed by atoms with van der Waals surface area (Å²) in [5.41, 5.74) is 2.63. The van der Waals surface area contributed by atoms with Gasteiger partial charge in [-0.3, -0.25) is 9.10 Å². The third-order valence-electron chi connectivity index (χ3n) is 4.20. The minimum Gasteiger partial charge on any atom is -0.375 e. The Morgan fingerprint density at radius 1 is 1.00 bits per heavy atom. The molecule has 1 N–H and O–H groups in total. The highest BCUT2D eigenvalue weighted by molar-refractivity contribution is 7.92. The largest absolute Gasteiger partial charge is 0.375 e. The molecule has 0 radical (unpaired) electrons. The van der Waals surface area contributed by atoms with Crippen molar-refractivity contribution in [2.24, 2.45) is 0 Å². The minimum absolute atomic E-state index is 0.226. The summed E-state index contributed by atoms with van der Waals surface area (Å²) in [5.74, 6) is -0.316. The number of aryl methyl sites for hydroxylation is 1. The van der Waals surface area contributed by atoms with Gasteiger partial charge in [0, 0.05) is 25.8 Å². The van der Waals surface area contributed by atoms with Gasteiger partial charge in [-0.15, -0.1) is 0 Å². The van der Waals surface area contributed by atoms with E-state index in [0.717, 1.165) is 34.8 Å². The highest BCUT2D eigenvalue weighted by atomic mass is 32.2. The van der Waals surface area contributed by atoms with Crippen LogP contribution in [-0.2, 0) is 14.8 Å². The highest BCUT2D eigenvalue weighted by Crippen LogP contribution is 2.17. The second-order valence-corrected chi connectivity index (χ2v) is 8.47. The predicted molar refractivity (Wildman–Crippen MR) is 111 cm³/mol. The van der Waals surface area contributed by atoms with Gasteiger partial charge in [-0.25, -0.2) is 8.42 Å². The number of sulfonamides is 1. The van der Waals surface area contributed by atoms with Crippen LogP contribution in [0.3, 0.4) is 0 Å². The van der Waals surface area contributed by atoms with Crippen LogP contribution in [0.5, 0.6) is 0 Å². The molecule has 2 rings (SSSR count). The molecule has 0 saturated carbocycles. The standard InChI is InChI=1S/C20H27N3O3S/c1-17-10-12-19(13-11-17)23(27(3,25)26)16-20(24)21-14-7-15-22(2)18-8-5-4-6-9-18/h4-6,8-13H,7,14-16H2,1-3H3,(H,21,24). The Kier molecular flexibility index (Phi) is 7.24. The summed E-state index contributed by atoms with van der Waals surface area (Å²) in [5, 5.41) is 2.80. The van der Waals surface area contributed by atoms with Crippen LogP contribution in [0.15, 0.2) is 54.6 Å². The molecular formula is C20H27N3O3S. The van der Waals surface area contributed by atoms with Gasteiger partial charge in [0.15, 0.2) is 0 Å². The van der Waals surface area contributed by atoms with Crippen molar-refractivity contribution < 1.29 is 13.2 Å². The third kappa shape index (κ3) is 6.60. The smallest absolute Gasteiger partial charge is 0.240 e. The zero-order valence-electron chi connectivity index (χ0n) is 16.1. The number of carbonyl (C=O) groups excluding carboxylic acids is 1. The molecule has 0 fully saturated rings. The summed E-state index contributed by atoms with van der Waals surface area (Å²) in [7, 11) is -1.54. The van der Waals surface area contributed by atoms with Gasteiger partial charge in [0.2, 0.25) is 15.9 Å². The zero-order chi connectivity index (χ0) is 19.9. The fraction of sp³-hybridized carbons (Fsp3) is 0.350. The summed E-state index contributed by atoms with van der Waals surface area (Å²) >= 11 is 0. The average Bonchev–Trinajstić information content (AvgIpc) is 2.64. The second-order valence-electron chi connectivity index (χ2n) is 6.57. The molecule has 0 unspecified atom stereocenters. The van der Waals surface area contributed by atoms with E-state index in [0.29, 0.717) is 12.2 Å². The van der Waals surface area contributed by atoms with Gasteiger partial charge >= 0.3 is 0 Å². The van der Waals surface area contributed by atoms with Crippen molar-refractivity contribution in [3.8, 4) is 0 Å². The van der Waals surface area contributed by atoms with Crippen LogP contribution in [-0.4, -0.2) is 47.3 Å². The van der Waals surface area contributed by atoms with E-state index in [4.69, 9.17) is 0 Å². The van der Waals surface area contributed by atoms with Gasteiger partial charge < -0.3 is 10.2 Å². The highest BCUT2D eigenvalue weighted by Gasteiger charge is 2.20. The van der Waals surface area contributed by atoms with Crippen LogP contribution in [0.4, 0.5) is 11.4 Å². The number of anilines is 2. The first-order chi connectivity index (χ1) is 12.8. The van der Waals surface area contributed by atoms with E-state index < -0.39 is 10.0 Å². The number of benzene rings is 2. The fourth-order valence-electron chi connectivity index (χ4n) is 2.65. The van der Waals surface area contributed by atoms with Crippen molar-refractivity contribution in [3.63, 3.8) is 0 Å². The minimum atomic E-state index is -3.54. The third-order valence-corrected chi connectivity index (χ3v) is 5.34. The molecule has 0 aliphatic carbocycles. The van der Waals surface area contributed by atoms with E-state index in [1.165, 1.54) is 0 Å². The summed E-state index contributed by atoms with van der Waals surface area (Å²) in [4.78, 5) is 14.3.